The first-order valence-corrected chi connectivity index (χ1v) is 14.4. The average molecular weight is 454 g/mol. The van der Waals surface area contributed by atoms with Gasteiger partial charge in [-0.1, -0.05) is 76.1 Å². The summed E-state index contributed by atoms with van der Waals surface area (Å²) in [4.78, 5) is 0. The fraction of sp³-hybridized carbons (Fsp3) is 0.692. The molecule has 0 N–H and O–H groups in total. The lowest BCUT2D eigenvalue weighted by Gasteiger charge is -2.32. The lowest BCUT2D eigenvalue weighted by atomic mass is 9.76. The molecule has 1 radical (unpaired) electrons. The molecule has 5 heteroatoms. The van der Waals surface area contributed by atoms with Gasteiger partial charge in [-0.05, 0) is 61.1 Å². The van der Waals surface area contributed by atoms with Gasteiger partial charge in [0.25, 0.3) is 0 Å². The molecule has 0 aromatic heterocycles. The van der Waals surface area contributed by atoms with Gasteiger partial charge in [-0.25, -0.2) is 8.78 Å². The summed E-state index contributed by atoms with van der Waals surface area (Å²) < 4.78 is 52.3. The van der Waals surface area contributed by atoms with E-state index in [4.69, 9.17) is 0 Å². The smallest absolute Gasteiger partial charge is 0.206 e. The average Bonchev–Trinajstić information content (AvgIpc) is 2.78. The Hall–Kier alpha value is -1.10. The molecule has 0 spiro atoms. The van der Waals surface area contributed by atoms with Crippen molar-refractivity contribution in [3.63, 3.8) is 0 Å². The lowest BCUT2D eigenvalue weighted by Crippen LogP contribution is -2.22. The SMILES string of the molecule is CCCCC[Si]1CCC(CCC2CCC(c3ccc(C(F)=C(F)F)c(F)c3)CC2)CC1. The van der Waals surface area contributed by atoms with Crippen molar-refractivity contribution in [3.8, 4) is 0 Å². The van der Waals surface area contributed by atoms with Gasteiger partial charge in [0, 0.05) is 8.80 Å². The van der Waals surface area contributed by atoms with E-state index in [0.29, 0.717) is 0 Å². The largest absolute Gasteiger partial charge is 0.306 e. The van der Waals surface area contributed by atoms with E-state index in [2.05, 4.69) is 6.92 Å². The Morgan fingerprint density at radius 1 is 0.903 bits per heavy atom. The number of unbranched alkanes of at least 4 members (excludes halogenated alkanes) is 2. The zero-order valence-corrected chi connectivity index (χ0v) is 19.9. The molecule has 0 unspecified atom stereocenters. The first-order chi connectivity index (χ1) is 15.0. The summed E-state index contributed by atoms with van der Waals surface area (Å²) in [5, 5.41) is 0. The molecule has 0 bridgehead atoms. The zero-order valence-electron chi connectivity index (χ0n) is 18.9. The molecule has 31 heavy (non-hydrogen) atoms. The second-order valence-corrected chi connectivity index (χ2v) is 12.8. The zero-order chi connectivity index (χ0) is 22.2. The molecule has 173 valence electrons. The summed E-state index contributed by atoms with van der Waals surface area (Å²) in [6.45, 7) is 2.28. The Bertz CT molecular complexity index is 712. The first-order valence-electron chi connectivity index (χ1n) is 12.3. The van der Waals surface area contributed by atoms with Crippen molar-refractivity contribution in [3.05, 3.63) is 41.2 Å². The molecule has 1 heterocycles. The van der Waals surface area contributed by atoms with Gasteiger partial charge in [0.1, 0.15) is 5.82 Å². The molecule has 1 aliphatic heterocycles. The van der Waals surface area contributed by atoms with Gasteiger partial charge < -0.3 is 0 Å². The predicted octanol–water partition coefficient (Wildman–Crippen LogP) is 9.51. The fourth-order valence-corrected chi connectivity index (χ4v) is 8.70. The van der Waals surface area contributed by atoms with Gasteiger partial charge in [-0.15, -0.1) is 0 Å². The van der Waals surface area contributed by atoms with E-state index >= 15 is 0 Å². The summed E-state index contributed by atoms with van der Waals surface area (Å²) in [6, 6.07) is 8.61. The van der Waals surface area contributed by atoms with Crippen molar-refractivity contribution in [2.45, 2.75) is 102 Å². The quantitative estimate of drug-likeness (QED) is 0.198. The minimum atomic E-state index is -2.47. The highest BCUT2D eigenvalue weighted by molar-refractivity contribution is 6.58. The molecule has 0 amide bonds. The number of halogens is 4. The van der Waals surface area contributed by atoms with Gasteiger partial charge in [0.2, 0.25) is 0 Å². The minimum absolute atomic E-state index is 0.0480. The van der Waals surface area contributed by atoms with E-state index in [1.807, 2.05) is 0 Å². The van der Waals surface area contributed by atoms with Gasteiger partial charge in [0.15, 0.2) is 5.83 Å². The molecule has 0 atom stereocenters. The highest BCUT2D eigenvalue weighted by atomic mass is 28.3. The third kappa shape index (κ3) is 7.20. The maximum Gasteiger partial charge on any atom is 0.306 e. The van der Waals surface area contributed by atoms with Crippen molar-refractivity contribution in [1.29, 1.82) is 0 Å². The van der Waals surface area contributed by atoms with Crippen molar-refractivity contribution < 1.29 is 17.6 Å². The van der Waals surface area contributed by atoms with Crippen LogP contribution in [0.3, 0.4) is 0 Å². The lowest BCUT2D eigenvalue weighted by molar-refractivity contribution is 0.280. The molecular formula is C26H37F4Si. The molecular weight excluding hydrogens is 416 g/mol. The Kier molecular flexibility index (Phi) is 9.67. The molecule has 1 aromatic rings. The van der Waals surface area contributed by atoms with Crippen molar-refractivity contribution in [2.75, 3.05) is 0 Å². The monoisotopic (exact) mass is 453 g/mol. The van der Waals surface area contributed by atoms with Crippen molar-refractivity contribution >= 4 is 14.6 Å². The van der Waals surface area contributed by atoms with E-state index < -0.39 is 23.3 Å². The number of hydrogen-bond acceptors (Lipinski definition) is 0. The maximum absolute atomic E-state index is 14.1. The van der Waals surface area contributed by atoms with E-state index in [9.17, 15) is 17.6 Å². The molecule has 0 nitrogen and oxygen atoms in total. The summed E-state index contributed by atoms with van der Waals surface area (Å²) in [5.74, 6) is -0.705. The Balaban J connectivity index is 1.39. The molecule has 1 aliphatic carbocycles. The number of benzene rings is 1. The number of hydrogen-bond donors (Lipinski definition) is 0. The standard InChI is InChI=1S/C26H37F4Si/c1-2-3-4-15-31-16-13-20(14-17-31)6-5-19-7-9-21(10-8-19)22-11-12-23(24(27)18-22)25(28)26(29)30/h11-12,18-21H,2-10,13-17H2,1H3. The third-order valence-corrected chi connectivity index (χ3v) is 10.7. The van der Waals surface area contributed by atoms with E-state index in [-0.39, 0.29) is 14.7 Å². The normalized spacial score (nSPS) is 23.1. The second-order valence-electron chi connectivity index (χ2n) is 9.76. The van der Waals surface area contributed by atoms with Gasteiger partial charge in [-0.3, -0.25) is 0 Å². The summed E-state index contributed by atoms with van der Waals surface area (Å²) in [5.41, 5.74) is 0.177. The van der Waals surface area contributed by atoms with Crippen LogP contribution in [0.4, 0.5) is 17.6 Å². The highest BCUT2D eigenvalue weighted by Crippen LogP contribution is 2.40. The van der Waals surface area contributed by atoms with E-state index in [1.54, 1.807) is 6.07 Å². The maximum atomic E-state index is 14.1. The van der Waals surface area contributed by atoms with Gasteiger partial charge in [-0.2, -0.15) is 8.78 Å². The van der Waals surface area contributed by atoms with Crippen LogP contribution in [0.5, 0.6) is 0 Å². The van der Waals surface area contributed by atoms with Crippen LogP contribution in [0.2, 0.25) is 18.1 Å². The highest BCUT2D eigenvalue weighted by Gasteiger charge is 2.26. The Morgan fingerprint density at radius 2 is 1.55 bits per heavy atom. The Labute approximate surface area is 187 Å². The summed E-state index contributed by atoms with van der Waals surface area (Å²) in [7, 11) is -0.0480. The van der Waals surface area contributed by atoms with Crippen LogP contribution in [0.15, 0.2) is 24.3 Å². The van der Waals surface area contributed by atoms with Crippen molar-refractivity contribution in [2.24, 2.45) is 11.8 Å². The van der Waals surface area contributed by atoms with Crippen LogP contribution < -0.4 is 0 Å². The predicted molar refractivity (Wildman–Crippen MR) is 123 cm³/mol. The van der Waals surface area contributed by atoms with Crippen LogP contribution in [-0.2, 0) is 0 Å². The first kappa shape index (κ1) is 24.5. The number of rotatable bonds is 9. The van der Waals surface area contributed by atoms with Crippen LogP contribution in [-0.4, -0.2) is 8.80 Å². The molecule has 1 saturated heterocycles. The molecule has 3 rings (SSSR count). The molecule has 1 aromatic carbocycles. The topological polar surface area (TPSA) is 0 Å². The van der Waals surface area contributed by atoms with E-state index in [1.165, 1.54) is 69.1 Å². The molecule has 1 saturated carbocycles. The van der Waals surface area contributed by atoms with Crippen LogP contribution >= 0.6 is 0 Å². The van der Waals surface area contributed by atoms with Crippen molar-refractivity contribution in [1.82, 2.24) is 0 Å². The van der Waals surface area contributed by atoms with Gasteiger partial charge in [0.05, 0.1) is 5.56 Å². The van der Waals surface area contributed by atoms with Crippen LogP contribution in [0.25, 0.3) is 5.83 Å². The van der Waals surface area contributed by atoms with Crippen LogP contribution in [0.1, 0.15) is 94.6 Å². The fourth-order valence-electron chi connectivity index (χ4n) is 5.57. The second kappa shape index (κ2) is 12.2. The van der Waals surface area contributed by atoms with Gasteiger partial charge >= 0.3 is 6.08 Å². The van der Waals surface area contributed by atoms with Crippen LogP contribution in [0, 0.1) is 17.7 Å². The molecule has 2 aliphatic rings. The third-order valence-electron chi connectivity index (χ3n) is 7.64. The Morgan fingerprint density at radius 3 is 2.13 bits per heavy atom. The van der Waals surface area contributed by atoms with E-state index in [0.717, 1.165) is 49.1 Å². The summed E-state index contributed by atoms with van der Waals surface area (Å²) in [6.07, 6.45) is 11.6. The minimum Gasteiger partial charge on any atom is -0.206 e. The summed E-state index contributed by atoms with van der Waals surface area (Å²) >= 11 is 0. The molecule has 2 fully saturated rings.